The lowest BCUT2D eigenvalue weighted by Gasteiger charge is -2.20. The smallest absolute Gasteiger partial charge is 0.0534 e. The van der Waals surface area contributed by atoms with E-state index < -0.39 is 0 Å². The Balaban J connectivity index is 1.83. The van der Waals surface area contributed by atoms with Crippen molar-refractivity contribution in [3.63, 3.8) is 0 Å². The van der Waals surface area contributed by atoms with Crippen LogP contribution in [0.5, 0.6) is 0 Å². The van der Waals surface area contributed by atoms with E-state index in [0.29, 0.717) is 6.04 Å². The normalized spacial score (nSPS) is 29.8. The molecule has 0 amide bonds. The predicted molar refractivity (Wildman–Crippen MR) is 66.0 cm³/mol. The Hall–Kier alpha value is -0.830. The summed E-state index contributed by atoms with van der Waals surface area (Å²) in [5.74, 6) is 1.74. The van der Waals surface area contributed by atoms with E-state index in [4.69, 9.17) is 0 Å². The molecule has 0 aromatic carbocycles. The van der Waals surface area contributed by atoms with Gasteiger partial charge in [-0.15, -0.1) is 0 Å². The fourth-order valence-corrected chi connectivity index (χ4v) is 2.92. The van der Waals surface area contributed by atoms with Gasteiger partial charge in [0.05, 0.1) is 6.20 Å². The van der Waals surface area contributed by atoms with Crippen molar-refractivity contribution in [2.75, 3.05) is 0 Å². The van der Waals surface area contributed by atoms with Crippen LogP contribution in [0.2, 0.25) is 0 Å². The van der Waals surface area contributed by atoms with Crippen LogP contribution in [0.15, 0.2) is 12.4 Å². The molecule has 2 rings (SSSR count). The Morgan fingerprint density at radius 3 is 2.88 bits per heavy atom. The molecule has 0 radical (unpaired) electrons. The van der Waals surface area contributed by atoms with Gasteiger partial charge in [-0.1, -0.05) is 20.3 Å². The maximum Gasteiger partial charge on any atom is 0.0534 e. The van der Waals surface area contributed by atoms with E-state index in [1.165, 1.54) is 24.8 Å². The molecule has 0 bridgehead atoms. The molecular weight excluding hydrogens is 198 g/mol. The van der Waals surface area contributed by atoms with Crippen LogP contribution < -0.4 is 5.32 Å². The zero-order valence-electron chi connectivity index (χ0n) is 10.6. The van der Waals surface area contributed by atoms with Gasteiger partial charge >= 0.3 is 0 Å². The summed E-state index contributed by atoms with van der Waals surface area (Å²) in [5.41, 5.74) is 1.29. The highest BCUT2D eigenvalue weighted by Crippen LogP contribution is 2.33. The number of hydrogen-bond donors (Lipinski definition) is 1. The lowest BCUT2D eigenvalue weighted by molar-refractivity contribution is 0.344. The van der Waals surface area contributed by atoms with E-state index in [1.54, 1.807) is 0 Å². The number of aryl methyl sites for hydroxylation is 1. The standard InChI is InChI=1S/C13H23N3/c1-4-12-5-6-13(10(12)2)14-7-11-8-15-16(3)9-11/h8-10,12-14H,4-7H2,1-3H3. The van der Waals surface area contributed by atoms with E-state index in [1.807, 2.05) is 17.9 Å². The van der Waals surface area contributed by atoms with Crippen molar-refractivity contribution in [1.82, 2.24) is 15.1 Å². The van der Waals surface area contributed by atoms with Gasteiger partial charge in [0.15, 0.2) is 0 Å². The van der Waals surface area contributed by atoms with Crippen LogP contribution in [0.3, 0.4) is 0 Å². The molecule has 1 heterocycles. The van der Waals surface area contributed by atoms with Crippen molar-refractivity contribution < 1.29 is 0 Å². The molecular formula is C13H23N3. The third-order valence-corrected chi connectivity index (χ3v) is 4.08. The Morgan fingerprint density at radius 1 is 1.50 bits per heavy atom. The van der Waals surface area contributed by atoms with E-state index in [-0.39, 0.29) is 0 Å². The Kier molecular flexibility index (Phi) is 3.64. The molecule has 1 saturated carbocycles. The minimum absolute atomic E-state index is 0.699. The monoisotopic (exact) mass is 221 g/mol. The molecule has 16 heavy (non-hydrogen) atoms. The molecule has 1 fully saturated rings. The summed E-state index contributed by atoms with van der Waals surface area (Å²) in [7, 11) is 1.97. The van der Waals surface area contributed by atoms with Gasteiger partial charge in [0.25, 0.3) is 0 Å². The fourth-order valence-electron chi connectivity index (χ4n) is 2.92. The van der Waals surface area contributed by atoms with Crippen LogP contribution in [0.1, 0.15) is 38.7 Å². The zero-order chi connectivity index (χ0) is 11.5. The molecule has 0 spiro atoms. The second-order valence-corrected chi connectivity index (χ2v) is 5.11. The molecule has 3 unspecified atom stereocenters. The summed E-state index contributed by atoms with van der Waals surface area (Å²) in [5, 5.41) is 7.86. The van der Waals surface area contributed by atoms with Gasteiger partial charge in [-0.2, -0.15) is 5.10 Å². The van der Waals surface area contributed by atoms with Gasteiger partial charge < -0.3 is 5.32 Å². The Bertz CT molecular complexity index is 332. The third-order valence-electron chi connectivity index (χ3n) is 4.08. The highest BCUT2D eigenvalue weighted by molar-refractivity contribution is 5.03. The van der Waals surface area contributed by atoms with Crippen LogP contribution in [0.4, 0.5) is 0 Å². The molecule has 1 aromatic rings. The largest absolute Gasteiger partial charge is 0.310 e. The van der Waals surface area contributed by atoms with Crippen LogP contribution in [0, 0.1) is 11.8 Å². The lowest BCUT2D eigenvalue weighted by atomic mass is 9.93. The summed E-state index contributed by atoms with van der Waals surface area (Å²) in [6, 6.07) is 0.699. The average Bonchev–Trinajstić information content (AvgIpc) is 2.83. The van der Waals surface area contributed by atoms with Crippen LogP contribution >= 0.6 is 0 Å². The van der Waals surface area contributed by atoms with Gasteiger partial charge in [0, 0.05) is 31.4 Å². The summed E-state index contributed by atoms with van der Waals surface area (Å²) >= 11 is 0. The first kappa shape index (κ1) is 11.6. The SMILES string of the molecule is CCC1CCC(NCc2cnn(C)c2)C1C. The van der Waals surface area contributed by atoms with E-state index in [2.05, 4.69) is 30.5 Å². The van der Waals surface area contributed by atoms with Crippen LogP contribution in [-0.4, -0.2) is 15.8 Å². The van der Waals surface area contributed by atoms with Gasteiger partial charge in [-0.05, 0) is 24.7 Å². The average molecular weight is 221 g/mol. The first-order chi connectivity index (χ1) is 7.70. The van der Waals surface area contributed by atoms with Crippen molar-refractivity contribution in [3.8, 4) is 0 Å². The quantitative estimate of drug-likeness (QED) is 0.845. The van der Waals surface area contributed by atoms with Crippen molar-refractivity contribution >= 4 is 0 Å². The molecule has 3 atom stereocenters. The molecule has 1 N–H and O–H groups in total. The molecule has 1 aromatic heterocycles. The van der Waals surface area contributed by atoms with E-state index >= 15 is 0 Å². The predicted octanol–water partition coefficient (Wildman–Crippen LogP) is 2.33. The Labute approximate surface area is 98.2 Å². The number of aromatic nitrogens is 2. The molecule has 0 aliphatic heterocycles. The number of nitrogens with one attached hydrogen (secondary N) is 1. The highest BCUT2D eigenvalue weighted by Gasteiger charge is 2.30. The molecule has 1 aliphatic carbocycles. The van der Waals surface area contributed by atoms with Crippen molar-refractivity contribution in [2.45, 2.75) is 45.7 Å². The second kappa shape index (κ2) is 5.00. The maximum atomic E-state index is 4.19. The molecule has 0 saturated heterocycles. The summed E-state index contributed by atoms with van der Waals surface area (Å²) in [6.07, 6.45) is 8.09. The van der Waals surface area contributed by atoms with Gasteiger partial charge in [0.1, 0.15) is 0 Å². The topological polar surface area (TPSA) is 29.9 Å². The minimum Gasteiger partial charge on any atom is -0.310 e. The summed E-state index contributed by atoms with van der Waals surface area (Å²) < 4.78 is 1.87. The molecule has 1 aliphatic rings. The second-order valence-electron chi connectivity index (χ2n) is 5.11. The first-order valence-electron chi connectivity index (χ1n) is 6.41. The van der Waals surface area contributed by atoms with Crippen molar-refractivity contribution in [2.24, 2.45) is 18.9 Å². The number of rotatable bonds is 4. The molecule has 3 heteroatoms. The van der Waals surface area contributed by atoms with E-state index in [9.17, 15) is 0 Å². The van der Waals surface area contributed by atoms with Gasteiger partial charge in [-0.25, -0.2) is 0 Å². The Morgan fingerprint density at radius 2 is 2.31 bits per heavy atom. The van der Waals surface area contributed by atoms with Gasteiger partial charge in [-0.3, -0.25) is 4.68 Å². The van der Waals surface area contributed by atoms with Crippen LogP contribution in [0.25, 0.3) is 0 Å². The highest BCUT2D eigenvalue weighted by atomic mass is 15.2. The van der Waals surface area contributed by atoms with E-state index in [0.717, 1.165) is 18.4 Å². The molecule has 3 nitrogen and oxygen atoms in total. The fraction of sp³-hybridized carbons (Fsp3) is 0.769. The molecule has 90 valence electrons. The first-order valence-corrected chi connectivity index (χ1v) is 6.41. The third kappa shape index (κ3) is 2.46. The van der Waals surface area contributed by atoms with Crippen molar-refractivity contribution in [1.29, 1.82) is 0 Å². The summed E-state index contributed by atoms with van der Waals surface area (Å²) in [6.45, 7) is 5.66. The minimum atomic E-state index is 0.699. The summed E-state index contributed by atoms with van der Waals surface area (Å²) in [4.78, 5) is 0. The lowest BCUT2D eigenvalue weighted by Crippen LogP contribution is -2.32. The van der Waals surface area contributed by atoms with Gasteiger partial charge in [0.2, 0.25) is 0 Å². The van der Waals surface area contributed by atoms with Crippen molar-refractivity contribution in [3.05, 3.63) is 18.0 Å². The maximum absolute atomic E-state index is 4.19. The number of hydrogen-bond acceptors (Lipinski definition) is 2. The zero-order valence-corrected chi connectivity index (χ0v) is 10.6. The number of nitrogens with zero attached hydrogens (tertiary/aromatic N) is 2. The van der Waals surface area contributed by atoms with Crippen LogP contribution in [-0.2, 0) is 13.6 Å².